The summed E-state index contributed by atoms with van der Waals surface area (Å²) < 4.78 is 0. The van der Waals surface area contributed by atoms with Gasteiger partial charge in [-0.05, 0) is 49.1 Å². The van der Waals surface area contributed by atoms with Gasteiger partial charge < -0.3 is 9.80 Å². The van der Waals surface area contributed by atoms with E-state index < -0.39 is 0 Å². The third-order valence-corrected chi connectivity index (χ3v) is 5.51. The molecular weight excluding hydrogens is 312 g/mol. The number of hydrogen-bond acceptors (Lipinski definition) is 4. The molecule has 1 atom stereocenters. The molecule has 0 aliphatic carbocycles. The summed E-state index contributed by atoms with van der Waals surface area (Å²) in [5, 5.41) is 0. The minimum absolute atomic E-state index is 0.191. The minimum Gasteiger partial charge on any atom is -0.356 e. The number of piperidine rings is 2. The van der Waals surface area contributed by atoms with Crippen molar-refractivity contribution in [1.82, 2.24) is 14.9 Å². The van der Waals surface area contributed by atoms with Crippen LogP contribution in [0.1, 0.15) is 31.2 Å². The Bertz CT molecular complexity index is 721. The van der Waals surface area contributed by atoms with Gasteiger partial charge in [0.05, 0.1) is 0 Å². The molecule has 2 aliphatic heterocycles. The Morgan fingerprint density at radius 1 is 1.04 bits per heavy atom. The number of rotatable bonds is 3. The highest BCUT2D eigenvalue weighted by atomic mass is 16.2. The molecule has 0 radical (unpaired) electrons. The highest BCUT2D eigenvalue weighted by molar-refractivity contribution is 5.77. The average Bonchev–Trinajstić information content (AvgIpc) is 2.67. The molecule has 1 spiro atoms. The lowest BCUT2D eigenvalue weighted by Crippen LogP contribution is -2.54. The van der Waals surface area contributed by atoms with Crippen LogP contribution in [0.4, 0.5) is 5.82 Å². The second kappa shape index (κ2) is 6.82. The Morgan fingerprint density at radius 2 is 1.92 bits per heavy atom. The number of hydrogen-bond donors (Lipinski definition) is 0. The van der Waals surface area contributed by atoms with Crippen LogP contribution in [-0.2, 0) is 11.3 Å². The molecule has 25 heavy (non-hydrogen) atoms. The Hall–Kier alpha value is -2.43. The molecule has 2 aromatic heterocycles. The van der Waals surface area contributed by atoms with E-state index in [1.807, 2.05) is 35.4 Å². The zero-order chi connectivity index (χ0) is 17.1. The van der Waals surface area contributed by atoms with E-state index in [0.717, 1.165) is 43.9 Å². The highest BCUT2D eigenvalue weighted by Crippen LogP contribution is 2.40. The van der Waals surface area contributed by atoms with Crippen molar-refractivity contribution in [3.05, 3.63) is 54.5 Å². The molecule has 5 nitrogen and oxygen atoms in total. The van der Waals surface area contributed by atoms with Gasteiger partial charge in [-0.25, -0.2) is 4.98 Å². The molecule has 2 aromatic rings. The molecule has 1 amide bonds. The van der Waals surface area contributed by atoms with Crippen LogP contribution < -0.4 is 4.90 Å². The van der Waals surface area contributed by atoms with Gasteiger partial charge >= 0.3 is 0 Å². The molecule has 2 aliphatic rings. The number of carbonyl (C=O) groups excluding carboxylic acids is 1. The summed E-state index contributed by atoms with van der Waals surface area (Å²) in [7, 11) is 0. The summed E-state index contributed by atoms with van der Waals surface area (Å²) >= 11 is 0. The molecule has 0 aromatic carbocycles. The Morgan fingerprint density at radius 3 is 2.72 bits per heavy atom. The normalized spacial score (nSPS) is 23.9. The van der Waals surface area contributed by atoms with Gasteiger partial charge in [-0.3, -0.25) is 9.78 Å². The van der Waals surface area contributed by atoms with Gasteiger partial charge in [0.2, 0.25) is 5.91 Å². The first kappa shape index (κ1) is 16.1. The zero-order valence-electron chi connectivity index (χ0n) is 14.5. The molecular formula is C20H24N4O. The monoisotopic (exact) mass is 336 g/mol. The number of carbonyl (C=O) groups is 1. The Balaban J connectivity index is 1.50. The van der Waals surface area contributed by atoms with E-state index in [1.54, 1.807) is 12.4 Å². The van der Waals surface area contributed by atoms with Crippen LogP contribution in [0.15, 0.2) is 48.9 Å². The first-order valence-corrected chi connectivity index (χ1v) is 9.07. The van der Waals surface area contributed by atoms with Gasteiger partial charge in [0.1, 0.15) is 5.82 Å². The van der Waals surface area contributed by atoms with Crippen LogP contribution in [0.2, 0.25) is 0 Å². The summed E-state index contributed by atoms with van der Waals surface area (Å²) in [6, 6.07) is 10.1. The summed E-state index contributed by atoms with van der Waals surface area (Å²) in [5.41, 5.74) is 1.34. The van der Waals surface area contributed by atoms with Crippen LogP contribution in [0, 0.1) is 5.41 Å². The third-order valence-electron chi connectivity index (χ3n) is 5.51. The number of aromatic nitrogens is 2. The summed E-state index contributed by atoms with van der Waals surface area (Å²) in [6.45, 7) is 3.57. The SMILES string of the molecule is O=C1CC[C@]2(CCCN(c3ccccn3)C2)CN1Cc1ccncc1. The summed E-state index contributed by atoms with van der Waals surface area (Å²) in [4.78, 5) is 25.5. The maximum Gasteiger partial charge on any atom is 0.222 e. The minimum atomic E-state index is 0.191. The Kier molecular flexibility index (Phi) is 4.38. The molecule has 0 N–H and O–H groups in total. The van der Waals surface area contributed by atoms with E-state index in [1.165, 1.54) is 6.42 Å². The maximum absolute atomic E-state index is 12.5. The second-order valence-electron chi connectivity index (χ2n) is 7.32. The molecule has 2 fully saturated rings. The van der Waals surface area contributed by atoms with Gasteiger partial charge in [-0.1, -0.05) is 6.07 Å². The number of likely N-dealkylation sites (tertiary alicyclic amines) is 1. The lowest BCUT2D eigenvalue weighted by molar-refractivity contribution is -0.138. The van der Waals surface area contributed by atoms with Crippen molar-refractivity contribution in [2.75, 3.05) is 24.5 Å². The van der Waals surface area contributed by atoms with E-state index in [4.69, 9.17) is 0 Å². The Labute approximate surface area is 148 Å². The fourth-order valence-electron chi connectivity index (χ4n) is 4.23. The molecule has 0 bridgehead atoms. The highest BCUT2D eigenvalue weighted by Gasteiger charge is 2.41. The fraction of sp³-hybridized carbons (Fsp3) is 0.450. The number of amides is 1. The quantitative estimate of drug-likeness (QED) is 0.865. The van der Waals surface area contributed by atoms with Crippen LogP contribution >= 0.6 is 0 Å². The molecule has 0 saturated carbocycles. The van der Waals surface area contributed by atoms with Crippen molar-refractivity contribution in [3.63, 3.8) is 0 Å². The van der Waals surface area contributed by atoms with E-state index in [-0.39, 0.29) is 11.3 Å². The van der Waals surface area contributed by atoms with E-state index >= 15 is 0 Å². The largest absolute Gasteiger partial charge is 0.356 e. The number of nitrogens with zero attached hydrogens (tertiary/aromatic N) is 4. The van der Waals surface area contributed by atoms with E-state index in [9.17, 15) is 4.79 Å². The van der Waals surface area contributed by atoms with Crippen molar-refractivity contribution >= 4 is 11.7 Å². The van der Waals surface area contributed by atoms with Crippen LogP contribution in [-0.4, -0.2) is 40.4 Å². The van der Waals surface area contributed by atoms with Gasteiger partial charge in [-0.2, -0.15) is 0 Å². The molecule has 4 heterocycles. The lowest BCUT2D eigenvalue weighted by atomic mass is 9.73. The molecule has 0 unspecified atom stereocenters. The predicted octanol–water partition coefficient (Wildman–Crippen LogP) is 2.89. The van der Waals surface area contributed by atoms with E-state index in [0.29, 0.717) is 13.0 Å². The van der Waals surface area contributed by atoms with Gasteiger partial charge in [0.25, 0.3) is 0 Å². The molecule has 5 heteroatoms. The predicted molar refractivity (Wildman–Crippen MR) is 97.0 cm³/mol. The number of anilines is 1. The topological polar surface area (TPSA) is 49.3 Å². The third kappa shape index (κ3) is 3.50. The first-order valence-electron chi connectivity index (χ1n) is 9.07. The van der Waals surface area contributed by atoms with Crippen LogP contribution in [0.3, 0.4) is 0 Å². The average molecular weight is 336 g/mol. The smallest absolute Gasteiger partial charge is 0.222 e. The van der Waals surface area contributed by atoms with Crippen LogP contribution in [0.5, 0.6) is 0 Å². The summed E-state index contributed by atoms with van der Waals surface area (Å²) in [5.74, 6) is 1.33. The van der Waals surface area contributed by atoms with Gasteiger partial charge in [0.15, 0.2) is 0 Å². The second-order valence-corrected chi connectivity index (χ2v) is 7.32. The lowest BCUT2D eigenvalue weighted by Gasteiger charge is -2.48. The van der Waals surface area contributed by atoms with Crippen molar-refractivity contribution in [3.8, 4) is 0 Å². The zero-order valence-corrected chi connectivity index (χ0v) is 14.5. The molecule has 130 valence electrons. The van der Waals surface area contributed by atoms with E-state index in [2.05, 4.69) is 20.9 Å². The molecule has 2 saturated heterocycles. The van der Waals surface area contributed by atoms with Crippen molar-refractivity contribution in [1.29, 1.82) is 0 Å². The van der Waals surface area contributed by atoms with Gasteiger partial charge in [0, 0.05) is 56.6 Å². The maximum atomic E-state index is 12.5. The number of pyridine rings is 2. The first-order chi connectivity index (χ1) is 12.2. The van der Waals surface area contributed by atoms with Crippen LogP contribution in [0.25, 0.3) is 0 Å². The molecule has 4 rings (SSSR count). The van der Waals surface area contributed by atoms with Crippen molar-refractivity contribution < 1.29 is 4.79 Å². The standard InChI is InChI=1S/C20H24N4O/c25-19-5-9-20(16-24(19)14-17-6-11-21-12-7-17)8-3-13-23(15-20)18-4-1-2-10-22-18/h1-2,4,6-7,10-12H,3,5,8-9,13-16H2/t20-/m0/s1. The fourth-order valence-corrected chi connectivity index (χ4v) is 4.23. The van der Waals surface area contributed by atoms with Crippen molar-refractivity contribution in [2.45, 2.75) is 32.2 Å². The summed E-state index contributed by atoms with van der Waals surface area (Å²) in [6.07, 6.45) is 9.44. The van der Waals surface area contributed by atoms with Gasteiger partial charge in [-0.15, -0.1) is 0 Å². The van der Waals surface area contributed by atoms with Crippen molar-refractivity contribution in [2.24, 2.45) is 5.41 Å².